The summed E-state index contributed by atoms with van der Waals surface area (Å²) in [5.41, 5.74) is 1.77. The number of H-pyrrole nitrogens is 1. The molecule has 5 unspecified atom stereocenters. The van der Waals surface area contributed by atoms with Gasteiger partial charge in [-0.2, -0.15) is 0 Å². The third-order valence-corrected chi connectivity index (χ3v) is 14.0. The lowest BCUT2D eigenvalue weighted by Crippen LogP contribution is -2.52. The zero-order valence-electron chi connectivity index (χ0n) is 36.3. The first-order valence-corrected chi connectivity index (χ1v) is 22.3. The van der Waals surface area contributed by atoms with Crippen LogP contribution in [-0.2, 0) is 36.9 Å². The Morgan fingerprint density at radius 1 is 1.10 bits per heavy atom. The number of allylic oxidation sites excluding steroid dienone is 3. The quantitative estimate of drug-likeness (QED) is 0.0574. The molecule has 0 bridgehead atoms. The summed E-state index contributed by atoms with van der Waals surface area (Å²) >= 11 is 0. The molecule has 2 aromatic carbocycles. The number of nitrogens with zero attached hydrogens (tertiary/aromatic N) is 1. The van der Waals surface area contributed by atoms with E-state index in [2.05, 4.69) is 9.88 Å². The number of methoxy groups -OCH3 is 1. The van der Waals surface area contributed by atoms with Crippen molar-refractivity contribution in [1.82, 2.24) is 9.88 Å². The average molecular weight is 873 g/mol. The van der Waals surface area contributed by atoms with Gasteiger partial charge in [0, 0.05) is 74.2 Å². The molecule has 15 nitrogen and oxygen atoms in total. The number of ketones is 1. The number of aromatic nitrogens is 1. The van der Waals surface area contributed by atoms with Crippen molar-refractivity contribution >= 4 is 34.5 Å². The highest BCUT2D eigenvalue weighted by atomic mass is 16.6. The molecular weight excluding hydrogens is 813 g/mol. The maximum atomic E-state index is 14.2. The number of aldehydes is 1. The highest BCUT2D eigenvalue weighted by Gasteiger charge is 2.50. The molecule has 3 aromatic rings. The number of esters is 1. The van der Waals surface area contributed by atoms with E-state index in [1.807, 2.05) is 30.5 Å². The van der Waals surface area contributed by atoms with E-state index in [1.54, 1.807) is 21.0 Å². The minimum Gasteiger partial charge on any atom is -0.489 e. The number of nitrogens with one attached hydrogen (secondary N) is 1. The van der Waals surface area contributed by atoms with Crippen LogP contribution in [-0.4, -0.2) is 124 Å². The maximum absolute atomic E-state index is 14.2. The van der Waals surface area contributed by atoms with Crippen LogP contribution in [0.5, 0.6) is 17.2 Å². The van der Waals surface area contributed by atoms with Crippen molar-refractivity contribution in [2.45, 2.75) is 114 Å². The van der Waals surface area contributed by atoms with Gasteiger partial charge in [0.05, 0.1) is 36.5 Å². The summed E-state index contributed by atoms with van der Waals surface area (Å²) in [6.45, 7) is 5.39. The Bertz CT molecular complexity index is 2280. The molecule has 15 heteroatoms. The van der Waals surface area contributed by atoms with Gasteiger partial charge >= 0.3 is 5.97 Å². The Morgan fingerprint density at radius 3 is 2.59 bits per heavy atom. The van der Waals surface area contributed by atoms with E-state index in [-0.39, 0.29) is 89.9 Å². The number of carbonyl (C=O) groups is 3. The molecule has 8 rings (SSSR count). The number of hydrogen-bond acceptors (Lipinski definition) is 14. The van der Waals surface area contributed by atoms with Crippen molar-refractivity contribution in [2.75, 3.05) is 46.6 Å². The molecule has 340 valence electrons. The number of Topliss-reactive ketones (excluding diaryl/α,β-unsaturated/α-hetero) is 1. The predicted octanol–water partition coefficient (Wildman–Crippen LogP) is 4.38. The first-order valence-electron chi connectivity index (χ1n) is 22.3. The average Bonchev–Trinajstić information content (AvgIpc) is 3.94. The lowest BCUT2D eigenvalue weighted by Gasteiger charge is -2.42. The second-order valence-electron chi connectivity index (χ2n) is 18.0. The van der Waals surface area contributed by atoms with E-state index in [9.17, 15) is 39.9 Å². The minimum absolute atomic E-state index is 0.0233. The molecule has 1 saturated heterocycles. The van der Waals surface area contributed by atoms with Gasteiger partial charge in [0.2, 0.25) is 5.76 Å². The number of aliphatic hydroxyl groups excluding tert-OH is 2. The van der Waals surface area contributed by atoms with Gasteiger partial charge in [0.25, 0.3) is 0 Å². The van der Waals surface area contributed by atoms with Crippen molar-refractivity contribution in [2.24, 2.45) is 11.8 Å². The van der Waals surface area contributed by atoms with Crippen molar-refractivity contribution in [3.8, 4) is 17.2 Å². The molecule has 0 spiro atoms. The Labute approximate surface area is 366 Å². The fourth-order valence-corrected chi connectivity index (χ4v) is 10.6. The van der Waals surface area contributed by atoms with Crippen LogP contribution in [0.2, 0.25) is 0 Å². The molecule has 0 amide bonds. The summed E-state index contributed by atoms with van der Waals surface area (Å²) < 4.78 is 30.7. The number of rotatable bonds is 14. The zero-order chi connectivity index (χ0) is 44.6. The largest absolute Gasteiger partial charge is 0.489 e. The van der Waals surface area contributed by atoms with Gasteiger partial charge < -0.3 is 59.1 Å². The van der Waals surface area contributed by atoms with Crippen LogP contribution in [0.3, 0.4) is 0 Å². The molecule has 3 aliphatic heterocycles. The van der Waals surface area contributed by atoms with Gasteiger partial charge in [-0.3, -0.25) is 9.59 Å². The number of hydrogen-bond donors (Lipinski definition) is 6. The van der Waals surface area contributed by atoms with E-state index in [0.29, 0.717) is 42.4 Å². The van der Waals surface area contributed by atoms with Crippen LogP contribution < -0.4 is 14.2 Å². The molecule has 1 aromatic heterocycles. The number of carbonyl (C=O) groups excluding carboxylic acids is 3. The fourth-order valence-electron chi connectivity index (χ4n) is 10.6. The first-order chi connectivity index (χ1) is 30.3. The highest BCUT2D eigenvalue weighted by Crippen LogP contribution is 2.58. The number of aromatic amines is 1. The van der Waals surface area contributed by atoms with Gasteiger partial charge in [-0.05, 0) is 107 Å². The molecule has 6 N–H and O–H groups in total. The van der Waals surface area contributed by atoms with Gasteiger partial charge in [0.15, 0.2) is 12.1 Å². The lowest BCUT2D eigenvalue weighted by atomic mass is 9.71. The summed E-state index contributed by atoms with van der Waals surface area (Å²) in [5, 5.41) is 57.0. The molecule has 5 aliphatic rings. The summed E-state index contributed by atoms with van der Waals surface area (Å²) in [5.74, 6) is -4.90. The molecule has 2 saturated carbocycles. The van der Waals surface area contributed by atoms with Crippen LogP contribution in [0.4, 0.5) is 0 Å². The van der Waals surface area contributed by atoms with E-state index < -0.39 is 60.4 Å². The van der Waals surface area contributed by atoms with Crippen LogP contribution >= 0.6 is 0 Å². The molecule has 0 radical (unpaired) electrons. The standard InChI is InChI=1S/C48H60N2O13/c1-4-60-46(55)45-35(25-52)39(29-20-30(24-51)41(54)33(21-29)27-8-9-37-28(19-27)10-14-49-37)40-43(61-32-7-5-13-48(57,58)23-32)34-22-38(62-42(34)36(26-53)44(40)63-45)47(2,56)31-11-16-50(17-12-31)15-6-18-59-3/h8-10,14,19,25,30-33,38,49,51,53,56-58H,4-7,11-13,15-18,20-24,26H2,1-3H3. The van der Waals surface area contributed by atoms with E-state index in [1.165, 1.54) is 0 Å². The molecule has 5 atom stereocenters. The second-order valence-corrected chi connectivity index (χ2v) is 18.0. The number of piperidine rings is 1. The van der Waals surface area contributed by atoms with Crippen LogP contribution in [0.25, 0.3) is 16.5 Å². The molecule has 3 fully saturated rings. The van der Waals surface area contributed by atoms with Crippen molar-refractivity contribution < 1.29 is 63.6 Å². The van der Waals surface area contributed by atoms with Gasteiger partial charge in [-0.15, -0.1) is 0 Å². The van der Waals surface area contributed by atoms with E-state index in [0.717, 1.165) is 49.8 Å². The third-order valence-electron chi connectivity index (χ3n) is 14.0. The topological polar surface area (TPSA) is 218 Å². The van der Waals surface area contributed by atoms with Crippen LogP contribution in [0.1, 0.15) is 99.8 Å². The minimum atomic E-state index is -2.01. The van der Waals surface area contributed by atoms with E-state index >= 15 is 0 Å². The Hall–Kier alpha value is -4.61. The zero-order valence-corrected chi connectivity index (χ0v) is 36.3. The first kappa shape index (κ1) is 45.0. The monoisotopic (exact) mass is 872 g/mol. The van der Waals surface area contributed by atoms with Crippen LogP contribution in [0, 0.1) is 11.8 Å². The number of fused-ring (bicyclic) bond motifs is 3. The van der Waals surface area contributed by atoms with Gasteiger partial charge in [0.1, 0.15) is 40.8 Å². The number of likely N-dealkylation sites (tertiary alicyclic amines) is 1. The van der Waals surface area contributed by atoms with Gasteiger partial charge in [-0.1, -0.05) is 11.6 Å². The highest BCUT2D eigenvalue weighted by molar-refractivity contribution is 6.11. The second kappa shape index (κ2) is 18.5. The molecular formula is C48H60N2O13. The molecule has 63 heavy (non-hydrogen) atoms. The molecule has 2 aliphatic carbocycles. The SMILES string of the molecule is CCOC(=O)C1=C(C=O)C(=C2CC(CO)C(=O)C(c3ccc4[nH]ccc4c3)C2)c2c(c(CO)c3c(c2OC2CCCC(O)(O)C2)CC(C(C)(O)C2CCN(CCCOC)CC2)O3)O1. The number of aliphatic hydroxyl groups is 5. The lowest BCUT2D eigenvalue weighted by molar-refractivity contribution is -0.196. The van der Waals surface area contributed by atoms with E-state index in [4.69, 9.17) is 23.7 Å². The summed E-state index contributed by atoms with van der Waals surface area (Å²) in [7, 11) is 1.69. The van der Waals surface area contributed by atoms with Crippen molar-refractivity contribution in [3.05, 3.63) is 69.6 Å². The number of benzene rings is 2. The third kappa shape index (κ3) is 8.68. The Kier molecular flexibility index (Phi) is 13.2. The summed E-state index contributed by atoms with van der Waals surface area (Å²) in [6, 6.07) is 7.58. The maximum Gasteiger partial charge on any atom is 0.375 e. The Balaban J connectivity index is 1.30. The summed E-state index contributed by atoms with van der Waals surface area (Å²) in [4.78, 5) is 47.1. The van der Waals surface area contributed by atoms with Crippen molar-refractivity contribution in [3.63, 3.8) is 0 Å². The van der Waals surface area contributed by atoms with Crippen molar-refractivity contribution in [1.29, 1.82) is 0 Å². The number of ether oxygens (including phenoxy) is 5. The van der Waals surface area contributed by atoms with Crippen LogP contribution in [0.15, 0.2) is 47.4 Å². The fraction of sp³-hybridized carbons (Fsp3) is 0.562. The smallest absolute Gasteiger partial charge is 0.375 e. The molecule has 4 heterocycles. The predicted molar refractivity (Wildman–Crippen MR) is 230 cm³/mol. The normalized spacial score (nSPS) is 26.1. The summed E-state index contributed by atoms with van der Waals surface area (Å²) in [6.07, 6.45) is 4.31. The Morgan fingerprint density at radius 2 is 1.89 bits per heavy atom. The van der Waals surface area contributed by atoms with Gasteiger partial charge in [-0.25, -0.2) is 4.79 Å².